The van der Waals surface area contributed by atoms with Gasteiger partial charge in [0.15, 0.2) is 0 Å². The zero-order valence-electron chi connectivity index (χ0n) is 7.28. The molecule has 17 heteroatoms. The zero-order chi connectivity index (χ0) is 0. The van der Waals surface area contributed by atoms with Gasteiger partial charge in [0.25, 0.3) is 0 Å². The van der Waals surface area contributed by atoms with Crippen molar-refractivity contribution in [3.63, 3.8) is 0 Å². The number of hydrogen-bond acceptors (Lipinski definition) is 0. The van der Waals surface area contributed by atoms with Gasteiger partial charge in [-0.05, 0) is 0 Å². The van der Waals surface area contributed by atoms with Gasteiger partial charge in [0.1, 0.15) is 0 Å². The van der Waals surface area contributed by atoms with E-state index in [0.29, 0.717) is 0 Å². The molecule has 0 aromatic carbocycles. The summed E-state index contributed by atoms with van der Waals surface area (Å²) in [4.78, 5) is 0. The molecule has 0 spiro atoms. The standard InChI is InChI=1S/12O.2Sc.3W/q12*-2;2*+3;;;. The van der Waals surface area contributed by atoms with Crippen LogP contribution < -0.4 is 0 Å². The van der Waals surface area contributed by atoms with Crippen LogP contribution in [0.4, 0.5) is 0 Å². The minimum atomic E-state index is 0. The van der Waals surface area contributed by atoms with E-state index in [2.05, 4.69) is 0 Å². The van der Waals surface area contributed by atoms with E-state index in [0.717, 1.165) is 0 Å². The van der Waals surface area contributed by atoms with Gasteiger partial charge in [-0.2, -0.15) is 0 Å². The maximum absolute atomic E-state index is 0. The molecule has 0 aromatic heterocycles. The molecule has 12 nitrogen and oxygen atoms in total. The van der Waals surface area contributed by atoms with E-state index in [4.69, 9.17) is 0 Å². The maximum atomic E-state index is 0. The molecule has 0 bridgehead atoms. The van der Waals surface area contributed by atoms with Crippen molar-refractivity contribution >= 4 is 0 Å². The van der Waals surface area contributed by atoms with E-state index >= 15 is 0 Å². The Balaban J connectivity index is 0. The van der Waals surface area contributed by atoms with E-state index in [-0.39, 0.29) is 181 Å². The summed E-state index contributed by atoms with van der Waals surface area (Å²) in [5.74, 6) is 0. The van der Waals surface area contributed by atoms with Gasteiger partial charge < -0.3 is 65.7 Å². The Kier molecular flexibility index (Phi) is 23700. The molecule has 0 fully saturated rings. The van der Waals surface area contributed by atoms with Gasteiger partial charge in [0.05, 0.1) is 0 Å². The molecule has 0 radical (unpaired) electrons. The molecule has 0 aliphatic heterocycles. The maximum Gasteiger partial charge on any atom is 3.00 e. The summed E-state index contributed by atoms with van der Waals surface area (Å²) in [6.45, 7) is 0. The Hall–Kier alpha value is 3.33. The van der Waals surface area contributed by atoms with Crippen LogP contribution in [0.1, 0.15) is 0 Å². The van der Waals surface area contributed by atoms with Gasteiger partial charge in [0, 0.05) is 63.2 Å². The van der Waals surface area contributed by atoms with Crippen molar-refractivity contribution in [3.05, 3.63) is 0 Å². The molecular formula is O12Sc2W3-18. The number of hydrogen-bond donors (Lipinski definition) is 0. The molecule has 0 saturated heterocycles. The third-order valence-corrected chi connectivity index (χ3v) is 0. The van der Waals surface area contributed by atoms with E-state index in [1.807, 2.05) is 0 Å². The zero-order valence-corrected chi connectivity index (χ0v) is 19.7. The predicted molar refractivity (Wildman–Crippen MR) is 8.24 cm³/mol. The van der Waals surface area contributed by atoms with Crippen LogP contribution in [-0.2, 0) is 181 Å². The van der Waals surface area contributed by atoms with E-state index in [9.17, 15) is 0 Å². The van der Waals surface area contributed by atoms with Gasteiger partial charge in [-0.15, -0.1) is 0 Å². The third-order valence-electron chi connectivity index (χ3n) is 0. The number of rotatable bonds is 0. The van der Waals surface area contributed by atoms with E-state index in [1.54, 1.807) is 0 Å². The van der Waals surface area contributed by atoms with Crippen LogP contribution in [-0.4, -0.2) is 0 Å². The normalized spacial score (nSPS) is 0. The fourth-order valence-electron chi connectivity index (χ4n) is 0. The quantitative estimate of drug-likeness (QED) is 0.271. The first-order valence-corrected chi connectivity index (χ1v) is 0. The van der Waals surface area contributed by atoms with Gasteiger partial charge in [-0.25, -0.2) is 0 Å². The molecule has 17 heavy (non-hydrogen) atoms. The Morgan fingerprint density at radius 3 is 0.176 bits per heavy atom. The monoisotopic (exact) mass is 834 g/mol. The van der Waals surface area contributed by atoms with Crippen LogP contribution in [0.15, 0.2) is 0 Å². The molecule has 0 atom stereocenters. The topological polar surface area (TPSA) is 342 Å². The average molecular weight is 833 g/mol. The summed E-state index contributed by atoms with van der Waals surface area (Å²) in [5, 5.41) is 0. The van der Waals surface area contributed by atoms with Crippen molar-refractivity contribution in [1.29, 1.82) is 0 Å². The second-order valence-electron chi connectivity index (χ2n) is 0. The summed E-state index contributed by atoms with van der Waals surface area (Å²) < 4.78 is 0. The van der Waals surface area contributed by atoms with Crippen molar-refractivity contribution in [2.75, 3.05) is 0 Å². The molecule has 0 saturated carbocycles. The van der Waals surface area contributed by atoms with Crippen molar-refractivity contribution in [1.82, 2.24) is 0 Å². The molecule has 0 amide bonds. The van der Waals surface area contributed by atoms with Crippen molar-refractivity contribution in [2.45, 2.75) is 0 Å². The average Bonchev–Trinajstić information content (AvgIpc) is 0. The summed E-state index contributed by atoms with van der Waals surface area (Å²) >= 11 is 0. The molecule has 0 unspecified atom stereocenters. The molecule has 0 aromatic rings. The van der Waals surface area contributed by atoms with Crippen LogP contribution in [0.25, 0.3) is 0 Å². The SMILES string of the molecule is [O-2].[O-2].[O-2].[O-2].[O-2].[O-2].[O-2].[O-2].[O-2].[O-2].[O-2].[O-2].[Sc+3].[Sc+3].[W].[W].[W]. The smallest absolute Gasteiger partial charge is 2.00 e. The Bertz CT molecular complexity index is 19.7. The third kappa shape index (κ3) is 525. The first kappa shape index (κ1) is 687. The van der Waals surface area contributed by atoms with Crippen LogP contribution >= 0.6 is 0 Å². The second kappa shape index (κ2) is 587. The second-order valence-corrected chi connectivity index (χ2v) is 0. The van der Waals surface area contributed by atoms with Crippen molar-refractivity contribution in [2.24, 2.45) is 0 Å². The van der Waals surface area contributed by atoms with Gasteiger partial charge >= 0.3 is 51.7 Å². The van der Waals surface area contributed by atoms with Gasteiger partial charge in [0.2, 0.25) is 0 Å². The van der Waals surface area contributed by atoms with Crippen LogP contribution in [0.3, 0.4) is 0 Å². The van der Waals surface area contributed by atoms with Crippen LogP contribution in [0.2, 0.25) is 0 Å². The van der Waals surface area contributed by atoms with Crippen LogP contribution in [0, 0.1) is 0 Å². The Morgan fingerprint density at radius 1 is 0.176 bits per heavy atom. The fourth-order valence-corrected chi connectivity index (χ4v) is 0. The summed E-state index contributed by atoms with van der Waals surface area (Å²) in [5.41, 5.74) is 0. The summed E-state index contributed by atoms with van der Waals surface area (Å²) in [7, 11) is 0. The largest absolute Gasteiger partial charge is 3.00 e. The van der Waals surface area contributed by atoms with E-state index in [1.165, 1.54) is 0 Å². The molecule has 0 rings (SSSR count). The van der Waals surface area contributed by atoms with E-state index < -0.39 is 0 Å². The van der Waals surface area contributed by atoms with Crippen molar-refractivity contribution in [3.8, 4) is 0 Å². The fraction of sp³-hybridized carbons (Fsp3) is 0. The molecule has 114 valence electrons. The minimum absolute atomic E-state index is 0. The van der Waals surface area contributed by atoms with Crippen LogP contribution in [0.5, 0.6) is 0 Å². The van der Waals surface area contributed by atoms with Gasteiger partial charge in [-0.1, -0.05) is 0 Å². The molecular weight excluding hydrogens is 833 g/mol. The summed E-state index contributed by atoms with van der Waals surface area (Å²) in [6.07, 6.45) is 0. The molecule has 0 N–H and O–H groups in total. The van der Waals surface area contributed by atoms with Gasteiger partial charge in [-0.3, -0.25) is 0 Å². The van der Waals surface area contributed by atoms with Crippen molar-refractivity contribution < 1.29 is 181 Å². The Labute approximate surface area is 178 Å². The predicted octanol–water partition coefficient (Wildman–Crippen LogP) is -1.44. The first-order chi connectivity index (χ1) is 0. The molecule has 0 heterocycles. The minimum Gasteiger partial charge on any atom is -2.00 e. The summed E-state index contributed by atoms with van der Waals surface area (Å²) in [6, 6.07) is 0. The first-order valence-electron chi connectivity index (χ1n) is 0. The molecule has 0 aliphatic rings. The Morgan fingerprint density at radius 2 is 0.176 bits per heavy atom. The molecule has 0 aliphatic carbocycles.